The lowest BCUT2D eigenvalue weighted by Crippen LogP contribution is -2.52. The van der Waals surface area contributed by atoms with E-state index in [2.05, 4.69) is 69.1 Å². The number of aromatic amines is 2. The van der Waals surface area contributed by atoms with Crippen LogP contribution in [0.1, 0.15) is 90.0 Å². The molecule has 0 saturated carbocycles. The summed E-state index contributed by atoms with van der Waals surface area (Å²) in [6.07, 6.45) is 5.75. The number of hydrogen-bond donors (Lipinski definition) is 4. The molecule has 15 heteroatoms. The number of imidazole rings is 2. The van der Waals surface area contributed by atoms with E-state index < -0.39 is 29.9 Å². The summed E-state index contributed by atoms with van der Waals surface area (Å²) in [4.78, 5) is 72.7. The van der Waals surface area contributed by atoms with Crippen molar-refractivity contribution in [2.75, 3.05) is 33.9 Å². The topological polar surface area (TPSA) is 184 Å². The van der Waals surface area contributed by atoms with Crippen molar-refractivity contribution in [3.63, 3.8) is 0 Å². The third kappa shape index (κ3) is 8.27. The number of aromatic nitrogens is 4. The molecule has 0 aliphatic carbocycles. The average molecular weight is 833 g/mol. The van der Waals surface area contributed by atoms with Crippen molar-refractivity contribution in [3.05, 3.63) is 72.4 Å². The van der Waals surface area contributed by atoms with Gasteiger partial charge in [-0.05, 0) is 72.6 Å². The second-order valence-corrected chi connectivity index (χ2v) is 17.3. The number of H-pyrrole nitrogens is 2. The first-order valence-corrected chi connectivity index (χ1v) is 21.4. The van der Waals surface area contributed by atoms with Gasteiger partial charge in [-0.3, -0.25) is 9.59 Å². The van der Waals surface area contributed by atoms with Gasteiger partial charge in [0, 0.05) is 36.7 Å². The number of nitrogens with one attached hydrogen (secondary N) is 4. The molecule has 5 atom stereocenters. The quantitative estimate of drug-likeness (QED) is 0.111. The van der Waals surface area contributed by atoms with E-state index in [9.17, 15) is 19.2 Å². The van der Waals surface area contributed by atoms with Crippen molar-refractivity contribution in [1.82, 2.24) is 40.4 Å². The monoisotopic (exact) mass is 832 g/mol. The third-order valence-electron chi connectivity index (χ3n) is 12.7. The minimum absolute atomic E-state index is 0.115. The number of alkyl carbamates (subject to hydrolysis) is 2. The molecule has 5 aromatic rings. The first-order chi connectivity index (χ1) is 29.4. The van der Waals surface area contributed by atoms with Crippen LogP contribution in [0.15, 0.2) is 60.8 Å². The molecule has 1 spiro atoms. The Morgan fingerprint density at radius 3 is 2.11 bits per heavy atom. The van der Waals surface area contributed by atoms with Crippen LogP contribution >= 0.6 is 0 Å². The Bertz CT molecular complexity index is 2420. The van der Waals surface area contributed by atoms with E-state index in [1.165, 1.54) is 14.2 Å². The Balaban J connectivity index is 1.01. The molecule has 0 radical (unpaired) electrons. The molecule has 61 heavy (non-hydrogen) atoms. The van der Waals surface area contributed by atoms with Crippen LogP contribution in [0, 0.1) is 11.8 Å². The normalized spacial score (nSPS) is 21.4. The summed E-state index contributed by atoms with van der Waals surface area (Å²) in [5.41, 5.74) is 5.11. The highest BCUT2D eigenvalue weighted by atomic mass is 16.5. The molecule has 322 valence electrons. The number of methoxy groups -OCH3 is 2. The molecule has 4 N–H and O–H groups in total. The van der Waals surface area contributed by atoms with Crippen LogP contribution in [0.3, 0.4) is 0 Å². The van der Waals surface area contributed by atoms with E-state index in [1.807, 2.05) is 49.8 Å². The van der Waals surface area contributed by atoms with E-state index in [0.29, 0.717) is 31.9 Å². The van der Waals surface area contributed by atoms with Crippen molar-refractivity contribution in [3.8, 4) is 22.4 Å². The number of hydrogen-bond acceptors (Lipinski definition) is 9. The van der Waals surface area contributed by atoms with Gasteiger partial charge >= 0.3 is 12.2 Å². The molecule has 15 nitrogen and oxygen atoms in total. The second kappa shape index (κ2) is 17.2. The van der Waals surface area contributed by atoms with Crippen molar-refractivity contribution >= 4 is 45.8 Å². The molecule has 0 bridgehead atoms. The number of amides is 4. The smallest absolute Gasteiger partial charge is 0.407 e. The summed E-state index contributed by atoms with van der Waals surface area (Å²) in [6.45, 7) is 9.31. The predicted molar refractivity (Wildman–Crippen MR) is 230 cm³/mol. The maximum Gasteiger partial charge on any atom is 0.407 e. The van der Waals surface area contributed by atoms with Crippen molar-refractivity contribution in [2.24, 2.45) is 11.8 Å². The van der Waals surface area contributed by atoms with Crippen molar-refractivity contribution < 1.29 is 33.4 Å². The van der Waals surface area contributed by atoms with Gasteiger partial charge in [0.05, 0.1) is 55.2 Å². The molecule has 3 fully saturated rings. The lowest BCUT2D eigenvalue weighted by molar-refractivity contribution is -0.137. The lowest BCUT2D eigenvalue weighted by Gasteiger charge is -2.34. The van der Waals surface area contributed by atoms with Gasteiger partial charge in [0.25, 0.3) is 0 Å². The number of likely N-dealkylation sites (tertiary alicyclic amines) is 2. The maximum atomic E-state index is 14.1. The van der Waals surface area contributed by atoms with Gasteiger partial charge in [0.2, 0.25) is 11.8 Å². The summed E-state index contributed by atoms with van der Waals surface area (Å²) in [5, 5.41) is 7.55. The van der Waals surface area contributed by atoms with Gasteiger partial charge in [-0.25, -0.2) is 19.6 Å². The molecule has 2 aromatic heterocycles. The van der Waals surface area contributed by atoms with Crippen LogP contribution in [-0.4, -0.2) is 105 Å². The van der Waals surface area contributed by atoms with Gasteiger partial charge < -0.3 is 44.6 Å². The standard InChI is InChI=1S/C46H56N8O7/c1-26(2)37(51-44(57)59-5)42(55)53-20-9-10-35(53)41-48-33-18-16-31-22-30(15-17-32(31)39(33)50-41)28-11-13-29(14-12-28)34-24-47-40(49-34)36-23-46(19-7-8-21-61-46)25-54(36)43(56)38(27(3)4)52-45(58)60-6/h11-18,22,24,26-27,35-38H,7-10,19-21,23,25H2,1-6H3,(H,47,49)(H,48,50)(H,51,57)(H,52,58)/t35-,36-,37?,38?,46+/m0/s1. The third-order valence-corrected chi connectivity index (χ3v) is 12.7. The second-order valence-electron chi connectivity index (χ2n) is 17.3. The molecular formula is C46H56N8O7. The summed E-state index contributed by atoms with van der Waals surface area (Å²) < 4.78 is 16.0. The number of carbonyl (C=O) groups excluding carboxylic acids is 4. The Kier molecular flexibility index (Phi) is 11.8. The molecule has 3 aliphatic heterocycles. The summed E-state index contributed by atoms with van der Waals surface area (Å²) in [6, 6.07) is 16.7. The number of fused-ring (bicyclic) bond motifs is 3. The van der Waals surface area contributed by atoms with Crippen LogP contribution in [0.4, 0.5) is 9.59 Å². The zero-order chi connectivity index (χ0) is 43.0. The van der Waals surface area contributed by atoms with Gasteiger partial charge in [-0.15, -0.1) is 0 Å². The number of rotatable bonds is 10. The highest BCUT2D eigenvalue weighted by molar-refractivity contribution is 6.05. The Morgan fingerprint density at radius 2 is 1.46 bits per heavy atom. The zero-order valence-corrected chi connectivity index (χ0v) is 35.7. The van der Waals surface area contributed by atoms with Crippen LogP contribution in [0.2, 0.25) is 0 Å². The Hall–Kier alpha value is -5.96. The van der Waals surface area contributed by atoms with Crippen LogP contribution < -0.4 is 10.6 Å². The van der Waals surface area contributed by atoms with Crippen LogP contribution in [0.5, 0.6) is 0 Å². The van der Waals surface area contributed by atoms with Crippen LogP contribution in [0.25, 0.3) is 44.2 Å². The summed E-state index contributed by atoms with van der Waals surface area (Å²) in [7, 11) is 2.59. The largest absolute Gasteiger partial charge is 0.453 e. The maximum absolute atomic E-state index is 14.1. The van der Waals surface area contributed by atoms with Gasteiger partial charge in [-0.1, -0.05) is 70.2 Å². The molecule has 3 aliphatic rings. The number of nitrogens with zero attached hydrogens (tertiary/aromatic N) is 4. The SMILES string of the molecule is COC(=O)NC(C(=O)N1C[C@@]2(CCCCO2)C[C@H]1c1nc(-c2ccc(-c3ccc4c(ccc5nc([C@@H]6CCCN6C(=O)C(NC(=O)OC)C(C)C)[nH]c54)c3)cc2)c[nH]1)C(C)C. The molecule has 3 saturated heterocycles. The van der Waals surface area contributed by atoms with Gasteiger partial charge in [0.1, 0.15) is 23.7 Å². The predicted octanol–water partition coefficient (Wildman–Crippen LogP) is 7.41. The minimum Gasteiger partial charge on any atom is -0.453 e. The highest BCUT2D eigenvalue weighted by Crippen LogP contribution is 2.44. The van der Waals surface area contributed by atoms with E-state index >= 15 is 0 Å². The fraction of sp³-hybridized carbons (Fsp3) is 0.478. The molecule has 4 amide bonds. The number of benzene rings is 3. The molecule has 5 heterocycles. The molecule has 2 unspecified atom stereocenters. The fourth-order valence-corrected chi connectivity index (χ4v) is 9.34. The molecular weight excluding hydrogens is 777 g/mol. The average Bonchev–Trinajstić information content (AvgIpc) is 4.10. The van der Waals surface area contributed by atoms with Gasteiger partial charge in [0.15, 0.2) is 0 Å². The molecule has 8 rings (SSSR count). The highest BCUT2D eigenvalue weighted by Gasteiger charge is 2.50. The summed E-state index contributed by atoms with van der Waals surface area (Å²) in [5.74, 6) is 0.830. The summed E-state index contributed by atoms with van der Waals surface area (Å²) >= 11 is 0. The van der Waals surface area contributed by atoms with Gasteiger partial charge in [-0.2, -0.15) is 0 Å². The van der Waals surface area contributed by atoms with Crippen LogP contribution in [-0.2, 0) is 23.8 Å². The number of ether oxygens (including phenoxy) is 3. The minimum atomic E-state index is -0.754. The Labute approximate surface area is 355 Å². The van der Waals surface area contributed by atoms with E-state index in [-0.39, 0.29) is 35.7 Å². The van der Waals surface area contributed by atoms with E-state index in [0.717, 1.165) is 82.1 Å². The fourth-order valence-electron chi connectivity index (χ4n) is 9.34. The number of carbonyl (C=O) groups is 4. The Morgan fingerprint density at radius 1 is 0.787 bits per heavy atom. The molecule has 3 aromatic carbocycles. The lowest BCUT2D eigenvalue weighted by atomic mass is 9.91. The first-order valence-electron chi connectivity index (χ1n) is 21.4. The van der Waals surface area contributed by atoms with Crippen molar-refractivity contribution in [2.45, 2.75) is 96.0 Å². The van der Waals surface area contributed by atoms with E-state index in [1.54, 1.807) is 0 Å². The first kappa shape index (κ1) is 41.8. The zero-order valence-electron chi connectivity index (χ0n) is 35.7. The van der Waals surface area contributed by atoms with Crippen molar-refractivity contribution in [1.29, 1.82) is 0 Å². The van der Waals surface area contributed by atoms with E-state index in [4.69, 9.17) is 24.2 Å².